The van der Waals surface area contributed by atoms with Crippen LogP contribution in [0.2, 0.25) is 0 Å². The van der Waals surface area contributed by atoms with Gasteiger partial charge in [0, 0.05) is 37.1 Å². The number of nitrogens with zero attached hydrogens (tertiary/aromatic N) is 2. The Kier molecular flexibility index (Phi) is 5.87. The van der Waals surface area contributed by atoms with Crippen LogP contribution in [0, 0.1) is 12.8 Å². The van der Waals surface area contributed by atoms with Crippen LogP contribution in [-0.2, 0) is 11.2 Å². The number of hydrogen-bond acceptors (Lipinski definition) is 4. The molecule has 2 aromatic carbocycles. The fourth-order valence-electron chi connectivity index (χ4n) is 4.47. The van der Waals surface area contributed by atoms with Crippen LogP contribution >= 0.6 is 0 Å². The Balaban J connectivity index is 1.44. The smallest absolute Gasteiger partial charge is 0.251 e. The Hall–Kier alpha value is -2.86. The largest absolute Gasteiger partial charge is 0.383 e. The number of fused-ring (bicyclic) bond motifs is 1. The number of anilines is 1. The molecule has 32 heavy (non-hydrogen) atoms. The van der Waals surface area contributed by atoms with Crippen molar-refractivity contribution in [1.29, 1.82) is 0 Å². The van der Waals surface area contributed by atoms with Gasteiger partial charge >= 0.3 is 0 Å². The minimum Gasteiger partial charge on any atom is -0.383 e. The number of hydrogen-bond donors (Lipinski definition) is 2. The monoisotopic (exact) mass is 432 g/mol. The number of aryl methyl sites for hydroxylation is 2. The summed E-state index contributed by atoms with van der Waals surface area (Å²) in [5.74, 6) is 0.669. The highest BCUT2D eigenvalue weighted by Gasteiger charge is 2.24. The normalized spacial score (nSPS) is 16.9. The minimum atomic E-state index is 0.0277. The molecule has 6 nitrogen and oxygen atoms in total. The summed E-state index contributed by atoms with van der Waals surface area (Å²) in [6.07, 6.45) is 7.26. The van der Waals surface area contributed by atoms with Gasteiger partial charge < -0.3 is 15.4 Å². The van der Waals surface area contributed by atoms with Crippen molar-refractivity contribution in [2.75, 3.05) is 25.1 Å². The second-order valence-corrected chi connectivity index (χ2v) is 9.16. The first kappa shape index (κ1) is 21.0. The Morgan fingerprint density at radius 3 is 2.69 bits per heavy atom. The molecule has 6 heteroatoms. The maximum absolute atomic E-state index is 12.5. The third-order valence-corrected chi connectivity index (χ3v) is 6.69. The zero-order valence-corrected chi connectivity index (χ0v) is 19.0. The van der Waals surface area contributed by atoms with E-state index >= 15 is 0 Å². The Morgan fingerprint density at radius 2 is 1.97 bits per heavy atom. The number of benzene rings is 2. The van der Waals surface area contributed by atoms with E-state index in [1.54, 1.807) is 0 Å². The molecule has 168 valence electrons. The molecule has 1 aliphatic carbocycles. The van der Waals surface area contributed by atoms with Gasteiger partial charge in [-0.1, -0.05) is 6.92 Å². The maximum atomic E-state index is 12.5. The van der Waals surface area contributed by atoms with Crippen molar-refractivity contribution in [2.24, 2.45) is 5.92 Å². The first-order valence-electron chi connectivity index (χ1n) is 11.9. The van der Waals surface area contributed by atoms with Crippen molar-refractivity contribution in [3.05, 3.63) is 53.3 Å². The molecule has 2 aliphatic rings. The molecule has 2 fully saturated rings. The molecule has 1 saturated carbocycles. The quantitative estimate of drug-likeness (QED) is 0.571. The van der Waals surface area contributed by atoms with Crippen molar-refractivity contribution in [3.63, 3.8) is 0 Å². The molecule has 3 aromatic rings. The zero-order valence-electron chi connectivity index (χ0n) is 19.0. The van der Waals surface area contributed by atoms with Crippen LogP contribution in [0.5, 0.6) is 0 Å². The summed E-state index contributed by atoms with van der Waals surface area (Å²) in [5, 5.41) is 6.76. The summed E-state index contributed by atoms with van der Waals surface area (Å²) in [7, 11) is 0. The van der Waals surface area contributed by atoms with Gasteiger partial charge in [-0.3, -0.25) is 9.36 Å². The SMILES string of the molecule is CCc1cc(NCC2CCOCC2)c2ncn(-c3ccc(C(=O)NC4CC4)c(C)c3)c2c1. The average Bonchev–Trinajstić information content (AvgIpc) is 3.52. The van der Waals surface area contributed by atoms with Gasteiger partial charge in [-0.2, -0.15) is 0 Å². The Labute approximate surface area is 189 Å². The number of rotatable bonds is 7. The fraction of sp³-hybridized carbons (Fsp3) is 0.462. The van der Waals surface area contributed by atoms with Crippen LogP contribution in [0.15, 0.2) is 36.7 Å². The van der Waals surface area contributed by atoms with E-state index in [2.05, 4.69) is 40.3 Å². The summed E-state index contributed by atoms with van der Waals surface area (Å²) in [6.45, 7) is 6.85. The van der Waals surface area contributed by atoms with Gasteiger partial charge in [0.1, 0.15) is 11.8 Å². The van der Waals surface area contributed by atoms with E-state index in [0.717, 1.165) is 85.4 Å². The van der Waals surface area contributed by atoms with Gasteiger partial charge in [-0.15, -0.1) is 0 Å². The minimum absolute atomic E-state index is 0.0277. The van der Waals surface area contributed by atoms with Crippen molar-refractivity contribution in [1.82, 2.24) is 14.9 Å². The second kappa shape index (κ2) is 8.94. The number of imidazole rings is 1. The lowest BCUT2D eigenvalue weighted by molar-refractivity contribution is 0.0699. The molecule has 0 radical (unpaired) electrons. The molecular weight excluding hydrogens is 400 g/mol. The summed E-state index contributed by atoms with van der Waals surface area (Å²) in [6, 6.07) is 10.8. The molecule has 0 spiro atoms. The van der Waals surface area contributed by atoms with Crippen molar-refractivity contribution < 1.29 is 9.53 Å². The molecule has 0 bridgehead atoms. The summed E-state index contributed by atoms with van der Waals surface area (Å²) < 4.78 is 7.63. The highest BCUT2D eigenvalue weighted by atomic mass is 16.5. The van der Waals surface area contributed by atoms with Gasteiger partial charge in [0.25, 0.3) is 5.91 Å². The van der Waals surface area contributed by atoms with Gasteiger partial charge in [0.15, 0.2) is 0 Å². The van der Waals surface area contributed by atoms with Crippen molar-refractivity contribution >= 4 is 22.6 Å². The molecule has 1 saturated heterocycles. The van der Waals surface area contributed by atoms with E-state index in [-0.39, 0.29) is 5.91 Å². The number of carbonyl (C=O) groups is 1. The zero-order chi connectivity index (χ0) is 22.1. The number of carbonyl (C=O) groups excluding carboxylic acids is 1. The molecule has 1 amide bonds. The first-order chi connectivity index (χ1) is 15.6. The molecule has 5 rings (SSSR count). The van der Waals surface area contributed by atoms with Gasteiger partial charge in [-0.25, -0.2) is 4.98 Å². The topological polar surface area (TPSA) is 68.2 Å². The molecule has 1 aromatic heterocycles. The van der Waals surface area contributed by atoms with Crippen LogP contribution in [0.25, 0.3) is 16.7 Å². The molecule has 1 aliphatic heterocycles. The standard InChI is InChI=1S/C26H32N4O2/c1-3-18-13-23(27-15-19-8-10-32-11-9-19)25-24(14-18)30(16-28-25)21-6-7-22(17(2)12-21)26(31)29-20-4-5-20/h6-7,12-14,16,19-20,27H,3-5,8-11,15H2,1-2H3,(H,29,31). The van der Waals surface area contributed by atoms with Gasteiger partial charge in [-0.05, 0) is 86.4 Å². The average molecular weight is 433 g/mol. The van der Waals surface area contributed by atoms with Crippen molar-refractivity contribution in [2.45, 2.75) is 52.0 Å². The summed E-state index contributed by atoms with van der Waals surface area (Å²) in [4.78, 5) is 17.3. The number of ether oxygens (including phenoxy) is 1. The van der Waals surface area contributed by atoms with E-state index in [1.165, 1.54) is 5.56 Å². The van der Waals surface area contributed by atoms with E-state index in [4.69, 9.17) is 9.72 Å². The lowest BCUT2D eigenvalue weighted by Gasteiger charge is -2.23. The van der Waals surface area contributed by atoms with E-state index in [1.807, 2.05) is 25.4 Å². The van der Waals surface area contributed by atoms with Crippen LogP contribution in [0.3, 0.4) is 0 Å². The summed E-state index contributed by atoms with van der Waals surface area (Å²) in [5.41, 5.74) is 7.21. The van der Waals surface area contributed by atoms with Crippen LogP contribution in [0.4, 0.5) is 5.69 Å². The van der Waals surface area contributed by atoms with Crippen LogP contribution < -0.4 is 10.6 Å². The van der Waals surface area contributed by atoms with Gasteiger partial charge in [0.2, 0.25) is 0 Å². The fourth-order valence-corrected chi connectivity index (χ4v) is 4.47. The molecular formula is C26H32N4O2. The number of amides is 1. The molecule has 2 heterocycles. The second-order valence-electron chi connectivity index (χ2n) is 9.16. The predicted molar refractivity (Wildman–Crippen MR) is 128 cm³/mol. The third kappa shape index (κ3) is 4.37. The Morgan fingerprint density at radius 1 is 1.16 bits per heavy atom. The number of aromatic nitrogens is 2. The van der Waals surface area contributed by atoms with Crippen molar-refractivity contribution in [3.8, 4) is 5.69 Å². The molecule has 2 N–H and O–H groups in total. The summed E-state index contributed by atoms with van der Waals surface area (Å²) >= 11 is 0. The molecule has 0 unspecified atom stereocenters. The van der Waals surface area contributed by atoms with E-state index < -0.39 is 0 Å². The third-order valence-electron chi connectivity index (χ3n) is 6.69. The first-order valence-corrected chi connectivity index (χ1v) is 11.9. The molecule has 0 atom stereocenters. The Bertz CT molecular complexity index is 1130. The maximum Gasteiger partial charge on any atom is 0.251 e. The van der Waals surface area contributed by atoms with E-state index in [0.29, 0.717) is 12.0 Å². The van der Waals surface area contributed by atoms with Crippen LogP contribution in [-0.4, -0.2) is 41.3 Å². The lowest BCUT2D eigenvalue weighted by atomic mass is 10.00. The predicted octanol–water partition coefficient (Wildman–Crippen LogP) is 4.63. The van der Waals surface area contributed by atoms with Crippen LogP contribution in [0.1, 0.15) is 54.1 Å². The number of nitrogens with one attached hydrogen (secondary N) is 2. The lowest BCUT2D eigenvalue weighted by Crippen LogP contribution is -2.26. The highest BCUT2D eigenvalue weighted by Crippen LogP contribution is 2.29. The van der Waals surface area contributed by atoms with Gasteiger partial charge in [0.05, 0.1) is 11.2 Å². The highest BCUT2D eigenvalue weighted by molar-refractivity contribution is 5.96. The van der Waals surface area contributed by atoms with E-state index in [9.17, 15) is 4.79 Å².